The summed E-state index contributed by atoms with van der Waals surface area (Å²) in [5.41, 5.74) is 0.415. The SMILES string of the molecule is CC(C)N[C@@H]1c2ccc3ccccc3c2OC(C)(C)[C@H]1O.O=C(O)C(O)C(O)C(=O)O. The second-order valence-electron chi connectivity index (χ2n) is 8.22. The number of benzene rings is 2. The molecule has 0 radical (unpaired) electrons. The standard InChI is InChI=1S/C18H23NO2.C4H6O6/c1-11(2)19-15-14-10-9-12-7-5-6-8-13(12)16(14)21-18(3,4)17(15)20;5-1(3(7)8)2(6)4(9)10/h5-11,15,17,19-20H,1-4H3;1-2,5-6H,(H,7,8)(H,9,10)/t15-,17+;/m1./s1. The molecule has 0 saturated heterocycles. The van der Waals surface area contributed by atoms with E-state index in [-0.39, 0.29) is 12.1 Å². The monoisotopic (exact) mass is 435 g/mol. The molecule has 170 valence electrons. The van der Waals surface area contributed by atoms with E-state index in [4.69, 9.17) is 25.2 Å². The molecule has 9 nitrogen and oxygen atoms in total. The van der Waals surface area contributed by atoms with Gasteiger partial charge in [-0.15, -0.1) is 0 Å². The van der Waals surface area contributed by atoms with Crippen molar-refractivity contribution >= 4 is 22.7 Å². The average molecular weight is 435 g/mol. The summed E-state index contributed by atoms with van der Waals surface area (Å²) in [6, 6.07) is 12.5. The van der Waals surface area contributed by atoms with Crippen LogP contribution < -0.4 is 10.1 Å². The molecule has 1 aliphatic rings. The molecule has 0 fully saturated rings. The maximum Gasteiger partial charge on any atom is 0.335 e. The van der Waals surface area contributed by atoms with E-state index in [2.05, 4.69) is 43.4 Å². The van der Waals surface area contributed by atoms with Gasteiger partial charge in [0, 0.05) is 17.0 Å². The zero-order chi connectivity index (χ0) is 23.5. The molecule has 0 amide bonds. The first-order chi connectivity index (χ1) is 14.4. The van der Waals surface area contributed by atoms with Gasteiger partial charge in [0.15, 0.2) is 12.2 Å². The van der Waals surface area contributed by atoms with Crippen molar-refractivity contribution in [1.82, 2.24) is 5.32 Å². The number of hydrogen-bond donors (Lipinski definition) is 6. The Hall–Kier alpha value is -2.72. The molecule has 2 unspecified atom stereocenters. The molecule has 0 bridgehead atoms. The largest absolute Gasteiger partial charge is 0.484 e. The predicted octanol–water partition coefficient (Wildman–Crippen LogP) is 1.29. The minimum atomic E-state index is -2.27. The van der Waals surface area contributed by atoms with Gasteiger partial charge in [-0.2, -0.15) is 0 Å². The third-order valence-corrected chi connectivity index (χ3v) is 4.96. The fourth-order valence-corrected chi connectivity index (χ4v) is 3.32. The third kappa shape index (κ3) is 5.50. The fourth-order valence-electron chi connectivity index (χ4n) is 3.32. The van der Waals surface area contributed by atoms with Crippen molar-refractivity contribution in [2.45, 2.75) is 63.7 Å². The zero-order valence-electron chi connectivity index (χ0n) is 17.8. The Balaban J connectivity index is 0.000000291. The number of carboxylic acid groups (broad SMARTS) is 2. The Morgan fingerprint density at radius 3 is 2.06 bits per heavy atom. The Morgan fingerprint density at radius 2 is 1.55 bits per heavy atom. The third-order valence-electron chi connectivity index (χ3n) is 4.96. The summed E-state index contributed by atoms with van der Waals surface area (Å²) in [6.07, 6.45) is -5.12. The van der Waals surface area contributed by atoms with Gasteiger partial charge in [0.2, 0.25) is 0 Å². The van der Waals surface area contributed by atoms with Gasteiger partial charge in [0.05, 0.1) is 6.04 Å². The molecule has 1 heterocycles. The number of aliphatic hydroxyl groups excluding tert-OH is 3. The minimum absolute atomic E-state index is 0.117. The Bertz CT molecular complexity index is 924. The lowest BCUT2D eigenvalue weighted by Crippen LogP contribution is -2.53. The first kappa shape index (κ1) is 24.5. The van der Waals surface area contributed by atoms with Crippen LogP contribution in [0.1, 0.15) is 39.3 Å². The Morgan fingerprint density at radius 1 is 1.00 bits per heavy atom. The van der Waals surface area contributed by atoms with Crippen molar-refractivity contribution < 1.29 is 39.9 Å². The summed E-state index contributed by atoms with van der Waals surface area (Å²) in [5.74, 6) is -2.65. The van der Waals surface area contributed by atoms with E-state index in [1.807, 2.05) is 26.0 Å². The molecule has 0 aliphatic carbocycles. The number of hydrogen-bond acceptors (Lipinski definition) is 7. The number of rotatable bonds is 5. The van der Waals surface area contributed by atoms with Gasteiger partial charge in [-0.25, -0.2) is 9.59 Å². The van der Waals surface area contributed by atoms with Crippen molar-refractivity contribution in [3.05, 3.63) is 42.0 Å². The van der Waals surface area contributed by atoms with Gasteiger partial charge in [-0.05, 0) is 19.2 Å². The minimum Gasteiger partial charge on any atom is -0.484 e. The van der Waals surface area contributed by atoms with Crippen LogP contribution in [0.2, 0.25) is 0 Å². The highest BCUT2D eigenvalue weighted by Gasteiger charge is 2.43. The quantitative estimate of drug-likeness (QED) is 0.407. The molecule has 31 heavy (non-hydrogen) atoms. The summed E-state index contributed by atoms with van der Waals surface area (Å²) in [5, 5.41) is 48.9. The zero-order valence-corrected chi connectivity index (χ0v) is 17.8. The molecule has 9 heteroatoms. The number of carboxylic acids is 2. The second-order valence-corrected chi connectivity index (χ2v) is 8.22. The highest BCUT2D eigenvalue weighted by Crippen LogP contribution is 2.43. The van der Waals surface area contributed by atoms with E-state index in [1.54, 1.807) is 0 Å². The summed E-state index contributed by atoms with van der Waals surface area (Å²) in [7, 11) is 0. The highest BCUT2D eigenvalue weighted by atomic mass is 16.5. The first-order valence-electron chi connectivity index (χ1n) is 9.83. The summed E-state index contributed by atoms with van der Waals surface area (Å²) < 4.78 is 6.17. The van der Waals surface area contributed by atoms with Gasteiger partial charge in [0.25, 0.3) is 0 Å². The van der Waals surface area contributed by atoms with E-state index in [9.17, 15) is 14.7 Å². The second kappa shape index (κ2) is 9.61. The molecule has 2 aromatic carbocycles. The first-order valence-corrected chi connectivity index (χ1v) is 9.83. The average Bonchev–Trinajstić information content (AvgIpc) is 2.70. The number of ether oxygens (including phenoxy) is 1. The lowest BCUT2D eigenvalue weighted by Gasteiger charge is -2.43. The normalized spacial score (nSPS) is 21.3. The van der Waals surface area contributed by atoms with Crippen molar-refractivity contribution in [1.29, 1.82) is 0 Å². The lowest BCUT2D eigenvalue weighted by atomic mass is 9.85. The number of aliphatic hydroxyl groups is 3. The van der Waals surface area contributed by atoms with Crippen LogP contribution in [0, 0.1) is 0 Å². The molecule has 0 saturated carbocycles. The summed E-state index contributed by atoms with van der Waals surface area (Å²) in [4.78, 5) is 19.5. The molecular formula is C22H29NO8. The van der Waals surface area contributed by atoms with Gasteiger partial charge >= 0.3 is 11.9 Å². The smallest absolute Gasteiger partial charge is 0.335 e. The fraction of sp³-hybridized carbons (Fsp3) is 0.455. The van der Waals surface area contributed by atoms with Crippen molar-refractivity contribution in [2.75, 3.05) is 0 Å². The molecule has 1 aliphatic heterocycles. The van der Waals surface area contributed by atoms with Crippen LogP contribution in [0.25, 0.3) is 10.8 Å². The Kier molecular flexibility index (Phi) is 7.61. The number of nitrogens with one attached hydrogen (secondary N) is 1. The molecular weight excluding hydrogens is 406 g/mol. The van der Waals surface area contributed by atoms with Crippen LogP contribution in [0.15, 0.2) is 36.4 Å². The van der Waals surface area contributed by atoms with Crippen LogP contribution in [0.4, 0.5) is 0 Å². The van der Waals surface area contributed by atoms with E-state index < -0.39 is 35.9 Å². The number of aliphatic carboxylic acids is 2. The molecule has 2 aromatic rings. The van der Waals surface area contributed by atoms with Gasteiger partial charge in [-0.3, -0.25) is 0 Å². The molecule has 4 atom stereocenters. The van der Waals surface area contributed by atoms with Gasteiger partial charge in [-0.1, -0.05) is 50.2 Å². The van der Waals surface area contributed by atoms with E-state index in [0.29, 0.717) is 0 Å². The van der Waals surface area contributed by atoms with Crippen LogP contribution in [-0.2, 0) is 9.59 Å². The van der Waals surface area contributed by atoms with Crippen LogP contribution >= 0.6 is 0 Å². The number of carbonyl (C=O) groups is 2. The van der Waals surface area contributed by atoms with E-state index in [1.165, 1.54) is 0 Å². The van der Waals surface area contributed by atoms with E-state index >= 15 is 0 Å². The number of fused-ring (bicyclic) bond motifs is 3. The van der Waals surface area contributed by atoms with Gasteiger partial charge in [0.1, 0.15) is 17.5 Å². The molecule has 0 aromatic heterocycles. The van der Waals surface area contributed by atoms with E-state index in [0.717, 1.165) is 22.1 Å². The Labute approximate surface area is 179 Å². The highest BCUT2D eigenvalue weighted by molar-refractivity contribution is 5.90. The maximum atomic E-state index is 10.7. The van der Waals surface area contributed by atoms with Crippen LogP contribution in [0.5, 0.6) is 5.75 Å². The van der Waals surface area contributed by atoms with Crippen molar-refractivity contribution in [2.24, 2.45) is 0 Å². The maximum absolute atomic E-state index is 10.7. The lowest BCUT2D eigenvalue weighted by molar-refractivity contribution is -0.165. The predicted molar refractivity (Wildman–Crippen MR) is 113 cm³/mol. The van der Waals surface area contributed by atoms with Crippen LogP contribution in [0.3, 0.4) is 0 Å². The molecule has 3 rings (SSSR count). The summed E-state index contributed by atoms with van der Waals surface area (Å²) >= 11 is 0. The van der Waals surface area contributed by atoms with Crippen molar-refractivity contribution in [3.8, 4) is 5.75 Å². The molecule has 6 N–H and O–H groups in total. The molecule has 0 spiro atoms. The summed E-state index contributed by atoms with van der Waals surface area (Å²) in [6.45, 7) is 8.07. The van der Waals surface area contributed by atoms with Crippen molar-refractivity contribution in [3.63, 3.8) is 0 Å². The van der Waals surface area contributed by atoms with Gasteiger partial charge < -0.3 is 35.6 Å². The van der Waals surface area contributed by atoms with Crippen LogP contribution in [-0.4, -0.2) is 67.4 Å². The topological polar surface area (TPSA) is 157 Å².